The number of nitrogens with two attached hydrogens (primary N) is 1. The highest BCUT2D eigenvalue weighted by Crippen LogP contribution is 2.24. The van der Waals surface area contributed by atoms with Crippen molar-refractivity contribution in [3.8, 4) is 0 Å². The van der Waals surface area contributed by atoms with E-state index in [0.29, 0.717) is 23.9 Å². The molecule has 4 nitrogen and oxygen atoms in total. The second-order valence-electron chi connectivity index (χ2n) is 5.47. The van der Waals surface area contributed by atoms with Gasteiger partial charge in [0, 0.05) is 19.1 Å². The van der Waals surface area contributed by atoms with E-state index in [9.17, 15) is 8.42 Å². The Hall–Kier alpha value is -0.910. The lowest BCUT2D eigenvalue weighted by Crippen LogP contribution is -2.39. The van der Waals surface area contributed by atoms with Crippen LogP contribution >= 0.6 is 0 Å². The van der Waals surface area contributed by atoms with Crippen LogP contribution in [0, 0.1) is 5.92 Å². The van der Waals surface area contributed by atoms with Crippen LogP contribution in [0.3, 0.4) is 0 Å². The smallest absolute Gasteiger partial charge is 0.243 e. The highest BCUT2D eigenvalue weighted by Gasteiger charge is 2.28. The summed E-state index contributed by atoms with van der Waals surface area (Å²) in [6, 6.07) is 6.84. The van der Waals surface area contributed by atoms with Gasteiger partial charge in [-0.25, -0.2) is 8.42 Å². The zero-order valence-corrected chi connectivity index (χ0v) is 12.4. The summed E-state index contributed by atoms with van der Waals surface area (Å²) < 4.78 is 26.6. The first-order valence-electron chi connectivity index (χ1n) is 6.77. The predicted molar refractivity (Wildman–Crippen MR) is 76.2 cm³/mol. The van der Waals surface area contributed by atoms with Gasteiger partial charge in [0.15, 0.2) is 0 Å². The van der Waals surface area contributed by atoms with Crippen LogP contribution in [0.1, 0.15) is 38.3 Å². The molecule has 0 spiro atoms. The van der Waals surface area contributed by atoms with Gasteiger partial charge in [-0.1, -0.05) is 19.1 Å². The molecule has 1 fully saturated rings. The molecule has 106 valence electrons. The Bertz CT molecular complexity index is 523. The summed E-state index contributed by atoms with van der Waals surface area (Å²) in [5.41, 5.74) is 6.72. The predicted octanol–water partition coefficient (Wildman–Crippen LogP) is 2.13. The fraction of sp³-hybridized carbons (Fsp3) is 0.571. The van der Waals surface area contributed by atoms with E-state index < -0.39 is 10.0 Å². The Morgan fingerprint density at radius 3 is 2.47 bits per heavy atom. The van der Waals surface area contributed by atoms with Gasteiger partial charge in [0.25, 0.3) is 0 Å². The van der Waals surface area contributed by atoms with Crippen molar-refractivity contribution in [1.82, 2.24) is 4.31 Å². The maximum absolute atomic E-state index is 12.5. The molecule has 0 aliphatic carbocycles. The van der Waals surface area contributed by atoms with Gasteiger partial charge in [-0.15, -0.1) is 0 Å². The third kappa shape index (κ3) is 3.16. The molecule has 1 aromatic rings. The highest BCUT2D eigenvalue weighted by atomic mass is 32.2. The van der Waals surface area contributed by atoms with E-state index in [1.807, 2.05) is 6.92 Å². The molecule has 1 heterocycles. The third-order valence-corrected chi connectivity index (χ3v) is 5.54. The van der Waals surface area contributed by atoms with Gasteiger partial charge in [-0.3, -0.25) is 0 Å². The maximum Gasteiger partial charge on any atom is 0.243 e. The molecule has 1 saturated heterocycles. The molecule has 2 atom stereocenters. The van der Waals surface area contributed by atoms with Gasteiger partial charge in [0.05, 0.1) is 4.90 Å². The molecule has 2 unspecified atom stereocenters. The van der Waals surface area contributed by atoms with Crippen molar-refractivity contribution < 1.29 is 8.42 Å². The van der Waals surface area contributed by atoms with E-state index in [4.69, 9.17) is 5.73 Å². The van der Waals surface area contributed by atoms with Crippen LogP contribution in [0.15, 0.2) is 29.2 Å². The first-order chi connectivity index (χ1) is 8.91. The Morgan fingerprint density at radius 1 is 1.32 bits per heavy atom. The lowest BCUT2D eigenvalue weighted by Gasteiger charge is -2.30. The van der Waals surface area contributed by atoms with Crippen molar-refractivity contribution in [2.45, 2.75) is 37.6 Å². The number of rotatable bonds is 3. The van der Waals surface area contributed by atoms with Crippen LogP contribution in [0.25, 0.3) is 0 Å². The molecular weight excluding hydrogens is 260 g/mol. The summed E-state index contributed by atoms with van der Waals surface area (Å²) in [6.07, 6.45) is 2.05. The summed E-state index contributed by atoms with van der Waals surface area (Å²) in [5.74, 6) is 0.437. The van der Waals surface area contributed by atoms with Crippen molar-refractivity contribution in [1.29, 1.82) is 0 Å². The third-order valence-electron chi connectivity index (χ3n) is 3.66. The Morgan fingerprint density at radius 2 is 1.95 bits per heavy atom. The summed E-state index contributed by atoms with van der Waals surface area (Å²) in [4.78, 5) is 0.367. The average Bonchev–Trinajstić information content (AvgIpc) is 2.39. The molecule has 0 bridgehead atoms. The van der Waals surface area contributed by atoms with E-state index in [2.05, 4.69) is 6.92 Å². The average molecular weight is 282 g/mol. The lowest BCUT2D eigenvalue weighted by molar-refractivity contribution is 0.281. The molecule has 0 radical (unpaired) electrons. The summed E-state index contributed by atoms with van der Waals surface area (Å²) in [6.45, 7) is 5.23. The fourth-order valence-electron chi connectivity index (χ4n) is 2.46. The van der Waals surface area contributed by atoms with Crippen LogP contribution in [0.4, 0.5) is 0 Å². The van der Waals surface area contributed by atoms with Crippen molar-refractivity contribution in [2.24, 2.45) is 11.7 Å². The van der Waals surface area contributed by atoms with E-state index in [1.165, 1.54) is 0 Å². The van der Waals surface area contributed by atoms with Gasteiger partial charge in [-0.05, 0) is 43.4 Å². The standard InChI is InChI=1S/C14H22N2O2S/c1-11-4-3-9-16(10-11)19(17,18)14-7-5-13(6-8-14)12(2)15/h5-8,11-12H,3-4,9-10,15H2,1-2H3. The van der Waals surface area contributed by atoms with Crippen LogP contribution in [-0.4, -0.2) is 25.8 Å². The first kappa shape index (κ1) is 14.5. The van der Waals surface area contributed by atoms with Crippen molar-refractivity contribution in [2.75, 3.05) is 13.1 Å². The number of piperidine rings is 1. The topological polar surface area (TPSA) is 63.4 Å². The van der Waals surface area contributed by atoms with E-state index in [0.717, 1.165) is 18.4 Å². The molecule has 0 aromatic heterocycles. The minimum atomic E-state index is -3.34. The zero-order valence-electron chi connectivity index (χ0n) is 11.5. The van der Waals surface area contributed by atoms with Gasteiger partial charge >= 0.3 is 0 Å². The van der Waals surface area contributed by atoms with Gasteiger partial charge in [0.2, 0.25) is 10.0 Å². The Labute approximate surface area is 115 Å². The van der Waals surface area contributed by atoms with Gasteiger partial charge in [-0.2, -0.15) is 4.31 Å². The largest absolute Gasteiger partial charge is 0.324 e. The first-order valence-corrected chi connectivity index (χ1v) is 8.21. The molecule has 2 N–H and O–H groups in total. The maximum atomic E-state index is 12.5. The normalized spacial score (nSPS) is 23.2. The molecule has 0 amide bonds. The lowest BCUT2D eigenvalue weighted by atomic mass is 10.0. The Balaban J connectivity index is 2.23. The molecule has 1 aliphatic rings. The fourth-order valence-corrected chi connectivity index (χ4v) is 4.06. The second-order valence-corrected chi connectivity index (χ2v) is 7.41. The van der Waals surface area contributed by atoms with Crippen molar-refractivity contribution >= 4 is 10.0 Å². The number of hydrogen-bond acceptors (Lipinski definition) is 3. The summed E-state index contributed by atoms with van der Waals surface area (Å²) in [5, 5.41) is 0. The zero-order chi connectivity index (χ0) is 14.0. The van der Waals surface area contributed by atoms with Crippen molar-refractivity contribution in [3.05, 3.63) is 29.8 Å². The molecule has 19 heavy (non-hydrogen) atoms. The highest BCUT2D eigenvalue weighted by molar-refractivity contribution is 7.89. The number of nitrogens with zero attached hydrogens (tertiary/aromatic N) is 1. The quantitative estimate of drug-likeness (QED) is 0.923. The van der Waals surface area contributed by atoms with Crippen LogP contribution < -0.4 is 5.73 Å². The SMILES string of the molecule is CC1CCCN(S(=O)(=O)c2ccc(C(C)N)cc2)C1. The number of benzene rings is 1. The minimum absolute atomic E-state index is 0.0771. The molecule has 1 aliphatic heterocycles. The Kier molecular flexibility index (Phi) is 4.28. The molecule has 5 heteroatoms. The van der Waals surface area contributed by atoms with E-state index in [-0.39, 0.29) is 6.04 Å². The molecule has 1 aromatic carbocycles. The minimum Gasteiger partial charge on any atom is -0.324 e. The molecular formula is C14H22N2O2S. The number of sulfonamides is 1. The van der Waals surface area contributed by atoms with Crippen LogP contribution in [0.2, 0.25) is 0 Å². The molecule has 0 saturated carbocycles. The van der Waals surface area contributed by atoms with Crippen molar-refractivity contribution in [3.63, 3.8) is 0 Å². The monoisotopic (exact) mass is 282 g/mol. The molecule has 2 rings (SSSR count). The van der Waals surface area contributed by atoms with Crippen LogP contribution in [0.5, 0.6) is 0 Å². The van der Waals surface area contributed by atoms with Gasteiger partial charge < -0.3 is 5.73 Å². The second kappa shape index (κ2) is 5.61. The van der Waals surface area contributed by atoms with E-state index >= 15 is 0 Å². The summed E-state index contributed by atoms with van der Waals surface area (Å²) >= 11 is 0. The van der Waals surface area contributed by atoms with Gasteiger partial charge in [0.1, 0.15) is 0 Å². The van der Waals surface area contributed by atoms with E-state index in [1.54, 1.807) is 28.6 Å². The number of hydrogen-bond donors (Lipinski definition) is 1. The summed E-state index contributed by atoms with van der Waals surface area (Å²) in [7, 11) is -3.34. The van der Waals surface area contributed by atoms with Crippen LogP contribution in [-0.2, 0) is 10.0 Å².